The summed E-state index contributed by atoms with van der Waals surface area (Å²) in [7, 11) is 2.70. The molecule has 92 valence electrons. The monoisotopic (exact) mass is 240 g/mol. The van der Waals surface area contributed by atoms with E-state index in [0.29, 0.717) is 5.56 Å². The van der Waals surface area contributed by atoms with Gasteiger partial charge in [-0.3, -0.25) is 10.1 Å². The zero-order valence-corrected chi connectivity index (χ0v) is 9.81. The van der Waals surface area contributed by atoms with E-state index < -0.39 is 11.8 Å². The molecule has 0 aliphatic carbocycles. The number of ether oxygens (including phenoxy) is 2. The molecule has 1 aromatic rings. The molecule has 0 radical (unpaired) electrons. The maximum absolute atomic E-state index is 10.7. The van der Waals surface area contributed by atoms with Crippen molar-refractivity contribution in [3.05, 3.63) is 39.1 Å². The van der Waals surface area contributed by atoms with Gasteiger partial charge in [0.25, 0.3) is 0 Å². The summed E-state index contributed by atoms with van der Waals surface area (Å²) in [6.45, 7) is -1.03. The highest BCUT2D eigenvalue weighted by molar-refractivity contribution is 5.62. The summed E-state index contributed by atoms with van der Waals surface area (Å²) in [4.78, 5) is 10.1. The second-order valence-corrected chi connectivity index (χ2v) is 3.34. The molecule has 0 saturated carbocycles. The van der Waals surface area contributed by atoms with Crippen LogP contribution in [0.4, 0.5) is 0 Å². The molecular formula is C12H15NO4. The molecule has 0 bridgehead atoms. The number of methoxy groups -OCH3 is 2. The molecule has 17 heavy (non-hydrogen) atoms. The number of rotatable bonds is 4. The van der Waals surface area contributed by atoms with Gasteiger partial charge in [0.15, 0.2) is 0 Å². The van der Waals surface area contributed by atoms with Crippen LogP contribution in [0.25, 0.3) is 6.08 Å². The van der Waals surface area contributed by atoms with Crippen molar-refractivity contribution in [3.8, 4) is 11.5 Å². The molecular weight excluding hydrogens is 222 g/mol. The zero-order valence-electron chi connectivity index (χ0n) is 12.8. The molecule has 0 saturated heterocycles. The standard InChI is InChI=1S/C12H15NO4/c1-8-5-12(17-4)10(7-11(8)16-3)6-9(2)13(14)15/h5-7H,1-4H3/i1D3. The first kappa shape index (κ1) is 9.04. The maximum Gasteiger partial charge on any atom is 0.243 e. The first-order chi connectivity index (χ1) is 9.20. The lowest BCUT2D eigenvalue weighted by molar-refractivity contribution is -0.422. The Hall–Kier alpha value is -2.04. The lowest BCUT2D eigenvalue weighted by Gasteiger charge is -2.10. The van der Waals surface area contributed by atoms with E-state index in [1.54, 1.807) is 0 Å². The van der Waals surface area contributed by atoms with Gasteiger partial charge in [-0.05, 0) is 24.5 Å². The van der Waals surface area contributed by atoms with Crippen molar-refractivity contribution in [1.82, 2.24) is 0 Å². The Morgan fingerprint density at radius 3 is 2.53 bits per heavy atom. The van der Waals surface area contributed by atoms with Gasteiger partial charge in [-0.1, -0.05) is 0 Å². The summed E-state index contributed by atoms with van der Waals surface area (Å²) in [5.74, 6) is 0.367. The SMILES string of the molecule is [2H]C([2H])([2H])c1cc(OC)c(C=C(C)[N+](=O)[O-])cc1OC. The molecule has 5 heteroatoms. The van der Waals surface area contributed by atoms with Crippen molar-refractivity contribution in [3.63, 3.8) is 0 Å². The highest BCUT2D eigenvalue weighted by Crippen LogP contribution is 2.29. The molecule has 0 amide bonds. The predicted octanol–water partition coefficient (Wildman–Crippen LogP) is 2.65. The van der Waals surface area contributed by atoms with Crippen LogP contribution in [-0.4, -0.2) is 19.1 Å². The van der Waals surface area contributed by atoms with E-state index in [-0.39, 0.29) is 22.8 Å². The third-order valence-electron chi connectivity index (χ3n) is 2.20. The molecule has 1 rings (SSSR count). The van der Waals surface area contributed by atoms with Crippen LogP contribution in [0.15, 0.2) is 17.8 Å². The van der Waals surface area contributed by atoms with Gasteiger partial charge in [-0.25, -0.2) is 0 Å². The van der Waals surface area contributed by atoms with Crippen LogP contribution in [-0.2, 0) is 0 Å². The number of nitrogens with zero attached hydrogens (tertiary/aromatic N) is 1. The van der Waals surface area contributed by atoms with Crippen LogP contribution < -0.4 is 9.47 Å². The van der Waals surface area contributed by atoms with Crippen molar-refractivity contribution in [2.45, 2.75) is 13.8 Å². The van der Waals surface area contributed by atoms with E-state index in [4.69, 9.17) is 13.6 Å². The van der Waals surface area contributed by atoms with E-state index in [1.807, 2.05) is 0 Å². The third kappa shape index (κ3) is 2.96. The predicted molar refractivity (Wildman–Crippen MR) is 64.9 cm³/mol. The second-order valence-electron chi connectivity index (χ2n) is 3.34. The summed E-state index contributed by atoms with van der Waals surface area (Å²) in [6.07, 6.45) is 1.30. The van der Waals surface area contributed by atoms with Crippen molar-refractivity contribution < 1.29 is 18.5 Å². The van der Waals surface area contributed by atoms with Crippen LogP contribution in [0.2, 0.25) is 0 Å². The molecule has 0 fully saturated rings. The van der Waals surface area contributed by atoms with E-state index >= 15 is 0 Å². The zero-order chi connectivity index (χ0) is 15.5. The van der Waals surface area contributed by atoms with Gasteiger partial charge in [0.1, 0.15) is 11.5 Å². The molecule has 0 aliphatic heterocycles. The van der Waals surface area contributed by atoms with Crippen molar-refractivity contribution >= 4 is 6.08 Å². The van der Waals surface area contributed by atoms with Gasteiger partial charge in [-0.2, -0.15) is 0 Å². The minimum atomic E-state index is -2.36. The molecule has 0 atom stereocenters. The van der Waals surface area contributed by atoms with E-state index in [1.165, 1.54) is 39.4 Å². The highest BCUT2D eigenvalue weighted by Gasteiger charge is 2.10. The van der Waals surface area contributed by atoms with E-state index in [0.717, 1.165) is 0 Å². The minimum absolute atomic E-state index is 0.00671. The Morgan fingerprint density at radius 2 is 2.06 bits per heavy atom. The Kier molecular flexibility index (Phi) is 2.84. The van der Waals surface area contributed by atoms with E-state index in [2.05, 4.69) is 0 Å². The largest absolute Gasteiger partial charge is 0.496 e. The number of benzene rings is 1. The van der Waals surface area contributed by atoms with Gasteiger partial charge in [0.05, 0.1) is 19.1 Å². The topological polar surface area (TPSA) is 61.6 Å². The quantitative estimate of drug-likeness (QED) is 0.599. The molecule has 0 spiro atoms. The number of allylic oxidation sites excluding steroid dienone is 1. The molecule has 0 aromatic heterocycles. The Balaban J connectivity index is 3.49. The second kappa shape index (κ2) is 5.34. The molecule has 0 heterocycles. The Morgan fingerprint density at radius 1 is 1.41 bits per heavy atom. The van der Waals surface area contributed by atoms with Crippen LogP contribution in [0.1, 0.15) is 22.2 Å². The normalized spacial score (nSPS) is 14.5. The Bertz CT molecular complexity index is 552. The summed E-state index contributed by atoms with van der Waals surface area (Å²) in [6, 6.07) is 2.72. The van der Waals surface area contributed by atoms with Gasteiger partial charge in [-0.15, -0.1) is 0 Å². The summed E-state index contributed by atoms with van der Waals surface area (Å²) in [5, 5.41) is 10.7. The smallest absolute Gasteiger partial charge is 0.243 e. The molecule has 0 unspecified atom stereocenters. The van der Waals surface area contributed by atoms with Crippen LogP contribution in [0.5, 0.6) is 11.5 Å². The summed E-state index contributed by atoms with van der Waals surface area (Å²) < 4.78 is 32.5. The van der Waals surface area contributed by atoms with Gasteiger partial charge >= 0.3 is 0 Å². The van der Waals surface area contributed by atoms with Gasteiger partial charge in [0.2, 0.25) is 5.70 Å². The fraction of sp³-hybridized carbons (Fsp3) is 0.333. The highest BCUT2D eigenvalue weighted by atomic mass is 16.6. The van der Waals surface area contributed by atoms with Crippen LogP contribution in [0, 0.1) is 17.0 Å². The Labute approximate surface area is 104 Å². The average Bonchev–Trinajstić information content (AvgIpc) is 2.36. The first-order valence-electron chi connectivity index (χ1n) is 6.30. The van der Waals surface area contributed by atoms with Crippen LogP contribution in [0.3, 0.4) is 0 Å². The maximum atomic E-state index is 10.7. The lowest BCUT2D eigenvalue weighted by atomic mass is 10.1. The van der Waals surface area contributed by atoms with Crippen LogP contribution >= 0.6 is 0 Å². The van der Waals surface area contributed by atoms with Crippen molar-refractivity contribution in [1.29, 1.82) is 0 Å². The third-order valence-corrected chi connectivity index (χ3v) is 2.20. The number of hydrogen-bond acceptors (Lipinski definition) is 4. The number of hydrogen-bond donors (Lipinski definition) is 0. The minimum Gasteiger partial charge on any atom is -0.496 e. The first-order valence-corrected chi connectivity index (χ1v) is 4.80. The molecule has 5 nitrogen and oxygen atoms in total. The molecule has 1 aromatic carbocycles. The summed E-state index contributed by atoms with van der Waals surface area (Å²) >= 11 is 0. The number of nitro groups is 1. The van der Waals surface area contributed by atoms with Gasteiger partial charge in [0, 0.05) is 22.7 Å². The lowest BCUT2D eigenvalue weighted by Crippen LogP contribution is -1.96. The number of aryl methyl sites for hydroxylation is 1. The fourth-order valence-corrected chi connectivity index (χ4v) is 1.31. The summed E-state index contributed by atoms with van der Waals surface area (Å²) in [5.41, 5.74) is 0.284. The average molecular weight is 240 g/mol. The van der Waals surface area contributed by atoms with Gasteiger partial charge < -0.3 is 9.47 Å². The fourth-order valence-electron chi connectivity index (χ4n) is 1.31. The van der Waals surface area contributed by atoms with Crippen molar-refractivity contribution in [2.24, 2.45) is 0 Å². The van der Waals surface area contributed by atoms with E-state index in [9.17, 15) is 10.1 Å². The van der Waals surface area contributed by atoms with Crippen molar-refractivity contribution in [2.75, 3.05) is 14.2 Å². The molecule has 0 aliphatic rings. The molecule has 0 N–H and O–H groups in total.